The van der Waals surface area contributed by atoms with Crippen molar-refractivity contribution in [2.45, 2.75) is 0 Å². The number of hydrogen-bond donors (Lipinski definition) is 1. The Labute approximate surface area is 142 Å². The number of amides is 1. The molecular formula is C16H16N4O3S. The Hall–Kier alpha value is -2.48. The van der Waals surface area contributed by atoms with Crippen LogP contribution in [-0.2, 0) is 4.79 Å². The molecular weight excluding hydrogens is 328 g/mol. The van der Waals surface area contributed by atoms with Gasteiger partial charge in [-0.3, -0.25) is 14.6 Å². The van der Waals surface area contributed by atoms with Crippen LogP contribution in [0.15, 0.2) is 36.1 Å². The Balaban J connectivity index is 1.53. The molecule has 2 fully saturated rings. The smallest absolute Gasteiger partial charge is 0.309 e. The lowest BCUT2D eigenvalue weighted by Gasteiger charge is -2.50. The average Bonchev–Trinajstić information content (AvgIpc) is 3.21. The monoisotopic (exact) mass is 344 g/mol. The molecule has 2 aliphatic rings. The van der Waals surface area contributed by atoms with Crippen LogP contribution in [0.2, 0.25) is 0 Å². The summed E-state index contributed by atoms with van der Waals surface area (Å²) in [5, 5.41) is 9.62. The lowest BCUT2D eigenvalue weighted by molar-refractivity contribution is -0.145. The molecule has 1 amide bonds. The molecule has 1 spiro atoms. The van der Waals surface area contributed by atoms with E-state index < -0.39 is 17.3 Å². The maximum absolute atomic E-state index is 12.5. The molecule has 124 valence electrons. The molecule has 4 heterocycles. The van der Waals surface area contributed by atoms with Gasteiger partial charge in [0.1, 0.15) is 10.7 Å². The second-order valence-electron chi connectivity index (χ2n) is 6.35. The molecule has 0 radical (unpaired) electrons. The normalized spacial score (nSPS) is 21.8. The van der Waals surface area contributed by atoms with Crippen molar-refractivity contribution in [3.63, 3.8) is 0 Å². The van der Waals surface area contributed by atoms with Crippen LogP contribution >= 0.6 is 11.3 Å². The fourth-order valence-electron chi connectivity index (χ4n) is 3.68. The number of aliphatic carboxylic acids is 1. The van der Waals surface area contributed by atoms with Gasteiger partial charge in [0, 0.05) is 37.8 Å². The Morgan fingerprint density at radius 3 is 2.75 bits per heavy atom. The summed E-state index contributed by atoms with van der Waals surface area (Å²) in [6.45, 7) is 1.92. The molecule has 2 saturated heterocycles. The van der Waals surface area contributed by atoms with E-state index >= 15 is 0 Å². The van der Waals surface area contributed by atoms with Crippen LogP contribution in [0.3, 0.4) is 0 Å². The minimum absolute atomic E-state index is 0.128. The molecule has 1 atom stereocenters. The highest BCUT2D eigenvalue weighted by atomic mass is 32.1. The number of aromatic nitrogens is 2. The largest absolute Gasteiger partial charge is 0.481 e. The first-order valence-corrected chi connectivity index (χ1v) is 8.54. The van der Waals surface area contributed by atoms with E-state index in [-0.39, 0.29) is 12.5 Å². The molecule has 0 aliphatic carbocycles. The van der Waals surface area contributed by atoms with Gasteiger partial charge in [-0.25, -0.2) is 4.98 Å². The molecule has 7 nitrogen and oxygen atoms in total. The highest BCUT2D eigenvalue weighted by molar-refractivity contribution is 7.11. The fourth-order valence-corrected chi connectivity index (χ4v) is 4.26. The van der Waals surface area contributed by atoms with Crippen molar-refractivity contribution in [1.29, 1.82) is 0 Å². The molecule has 0 aromatic carbocycles. The number of thiazole rings is 1. The van der Waals surface area contributed by atoms with E-state index in [1.165, 1.54) is 17.5 Å². The Kier molecular flexibility index (Phi) is 3.49. The van der Waals surface area contributed by atoms with Gasteiger partial charge in [0.15, 0.2) is 0 Å². The van der Waals surface area contributed by atoms with Crippen LogP contribution in [0.4, 0.5) is 5.82 Å². The Bertz CT molecular complexity index is 759. The third-order valence-electron chi connectivity index (χ3n) is 4.86. The quantitative estimate of drug-likeness (QED) is 0.900. The number of anilines is 1. The van der Waals surface area contributed by atoms with Crippen molar-refractivity contribution in [2.24, 2.45) is 11.3 Å². The van der Waals surface area contributed by atoms with Gasteiger partial charge in [-0.2, -0.15) is 0 Å². The van der Waals surface area contributed by atoms with Gasteiger partial charge in [-0.1, -0.05) is 6.07 Å². The molecule has 8 heteroatoms. The van der Waals surface area contributed by atoms with Crippen molar-refractivity contribution < 1.29 is 14.7 Å². The number of carbonyl (C=O) groups is 2. The van der Waals surface area contributed by atoms with E-state index in [9.17, 15) is 14.7 Å². The summed E-state index contributed by atoms with van der Waals surface area (Å²) in [6.07, 6.45) is 3.26. The van der Waals surface area contributed by atoms with E-state index in [1.807, 2.05) is 18.2 Å². The van der Waals surface area contributed by atoms with E-state index in [1.54, 1.807) is 16.6 Å². The second-order valence-corrected chi connectivity index (χ2v) is 7.23. The molecule has 2 aliphatic heterocycles. The maximum atomic E-state index is 12.5. The Morgan fingerprint density at radius 2 is 2.12 bits per heavy atom. The topological polar surface area (TPSA) is 86.6 Å². The third-order valence-corrected chi connectivity index (χ3v) is 5.62. The summed E-state index contributed by atoms with van der Waals surface area (Å²) in [5.74, 6) is -0.666. The van der Waals surface area contributed by atoms with E-state index in [0.717, 1.165) is 5.82 Å². The number of carbonyl (C=O) groups excluding carboxylic acids is 1. The number of pyridine rings is 1. The summed E-state index contributed by atoms with van der Waals surface area (Å²) in [4.78, 5) is 36.8. The van der Waals surface area contributed by atoms with Crippen LogP contribution in [0.5, 0.6) is 0 Å². The molecule has 0 bridgehead atoms. The molecule has 4 rings (SSSR count). The van der Waals surface area contributed by atoms with Crippen molar-refractivity contribution in [3.8, 4) is 0 Å². The van der Waals surface area contributed by atoms with Gasteiger partial charge >= 0.3 is 5.97 Å². The summed E-state index contributed by atoms with van der Waals surface area (Å²) >= 11 is 1.28. The van der Waals surface area contributed by atoms with Crippen LogP contribution in [0.25, 0.3) is 0 Å². The number of rotatable bonds is 3. The van der Waals surface area contributed by atoms with Crippen molar-refractivity contribution in [3.05, 3.63) is 41.0 Å². The summed E-state index contributed by atoms with van der Waals surface area (Å²) in [6, 6.07) is 5.68. The molecule has 1 unspecified atom stereocenters. The molecule has 2 aromatic rings. The predicted molar refractivity (Wildman–Crippen MR) is 88.0 cm³/mol. The summed E-state index contributed by atoms with van der Waals surface area (Å²) in [7, 11) is 0. The summed E-state index contributed by atoms with van der Waals surface area (Å²) < 4.78 is 0. The first-order valence-electron chi connectivity index (χ1n) is 7.66. The zero-order valence-corrected chi connectivity index (χ0v) is 13.6. The zero-order valence-electron chi connectivity index (χ0n) is 12.8. The average molecular weight is 344 g/mol. The molecule has 0 saturated carbocycles. The highest BCUT2D eigenvalue weighted by Gasteiger charge is 2.58. The van der Waals surface area contributed by atoms with Gasteiger partial charge in [-0.15, -0.1) is 11.3 Å². The minimum atomic E-state index is -0.838. The number of carboxylic acid groups (broad SMARTS) is 1. The molecule has 1 N–H and O–H groups in total. The van der Waals surface area contributed by atoms with Gasteiger partial charge in [-0.05, 0) is 12.1 Å². The van der Waals surface area contributed by atoms with Gasteiger partial charge in [0.25, 0.3) is 5.91 Å². The van der Waals surface area contributed by atoms with Crippen LogP contribution in [-0.4, -0.2) is 58.0 Å². The first kappa shape index (κ1) is 15.1. The maximum Gasteiger partial charge on any atom is 0.309 e. The van der Waals surface area contributed by atoms with Crippen molar-refractivity contribution >= 4 is 29.0 Å². The lowest BCUT2D eigenvalue weighted by atomic mass is 9.71. The lowest BCUT2D eigenvalue weighted by Crippen LogP contribution is -2.62. The molecule has 2 aromatic heterocycles. The fraction of sp³-hybridized carbons (Fsp3) is 0.375. The SMILES string of the molecule is O=C(O)C1CN(C(=O)c2cncs2)CC12CN(c1ccccn1)C2. The first-order chi connectivity index (χ1) is 11.6. The number of likely N-dealkylation sites (tertiary alicyclic amines) is 1. The van der Waals surface area contributed by atoms with E-state index in [0.29, 0.717) is 24.5 Å². The van der Waals surface area contributed by atoms with Crippen LogP contribution in [0, 0.1) is 11.3 Å². The molecule has 24 heavy (non-hydrogen) atoms. The third kappa shape index (κ3) is 2.34. The second kappa shape index (κ2) is 5.55. The van der Waals surface area contributed by atoms with Crippen LogP contribution < -0.4 is 4.90 Å². The standard InChI is InChI=1S/C16H16N4O3S/c21-14(12-5-17-10-24-12)19-6-11(15(22)23)16(7-19)8-20(9-16)13-3-1-2-4-18-13/h1-5,10-11H,6-9H2,(H,22,23). The van der Waals surface area contributed by atoms with Crippen molar-refractivity contribution in [1.82, 2.24) is 14.9 Å². The van der Waals surface area contributed by atoms with Crippen LogP contribution in [0.1, 0.15) is 9.67 Å². The minimum Gasteiger partial charge on any atom is -0.481 e. The van der Waals surface area contributed by atoms with E-state index in [2.05, 4.69) is 14.9 Å². The Morgan fingerprint density at radius 1 is 1.29 bits per heavy atom. The van der Waals surface area contributed by atoms with E-state index in [4.69, 9.17) is 0 Å². The van der Waals surface area contributed by atoms with Gasteiger partial charge < -0.3 is 14.9 Å². The van der Waals surface area contributed by atoms with Gasteiger partial charge in [0.05, 0.1) is 17.6 Å². The highest BCUT2D eigenvalue weighted by Crippen LogP contribution is 2.45. The number of hydrogen-bond acceptors (Lipinski definition) is 6. The predicted octanol–water partition coefficient (Wildman–Crippen LogP) is 1.20. The number of nitrogens with zero attached hydrogens (tertiary/aromatic N) is 4. The van der Waals surface area contributed by atoms with Gasteiger partial charge in [0.2, 0.25) is 0 Å². The zero-order chi connectivity index (χ0) is 16.7. The van der Waals surface area contributed by atoms with Crippen molar-refractivity contribution in [2.75, 3.05) is 31.1 Å². The number of carboxylic acids is 1. The summed E-state index contributed by atoms with van der Waals surface area (Å²) in [5.41, 5.74) is 1.21.